The zero-order chi connectivity index (χ0) is 17.8. The van der Waals surface area contributed by atoms with Crippen LogP contribution in [0, 0.1) is 11.7 Å². The summed E-state index contributed by atoms with van der Waals surface area (Å²) >= 11 is 0. The number of aromatic nitrogens is 1. The predicted molar refractivity (Wildman–Crippen MR) is 96.6 cm³/mol. The second-order valence-corrected chi connectivity index (χ2v) is 7.05. The van der Waals surface area contributed by atoms with Crippen LogP contribution in [0.25, 0.3) is 0 Å². The molecule has 2 aromatic rings. The fraction of sp³-hybridized carbons (Fsp3) is 0.450. The lowest BCUT2D eigenvalue weighted by Crippen LogP contribution is -2.32. The molecule has 1 fully saturated rings. The van der Waals surface area contributed by atoms with Crippen LogP contribution in [0.4, 0.5) is 4.39 Å². The number of likely N-dealkylation sites (tertiary alicyclic amines) is 1. The molecule has 134 valence electrons. The highest BCUT2D eigenvalue weighted by Crippen LogP contribution is 2.36. The van der Waals surface area contributed by atoms with E-state index in [4.69, 9.17) is 0 Å². The van der Waals surface area contributed by atoms with Crippen molar-refractivity contribution in [3.05, 3.63) is 65.7 Å². The van der Waals surface area contributed by atoms with Gasteiger partial charge in [-0.25, -0.2) is 4.39 Å². The third kappa shape index (κ3) is 4.42. The van der Waals surface area contributed by atoms with Gasteiger partial charge < -0.3 is 10.0 Å². The summed E-state index contributed by atoms with van der Waals surface area (Å²) in [5.41, 5.74) is 2.00. The minimum atomic E-state index is -0.610. The van der Waals surface area contributed by atoms with E-state index < -0.39 is 6.10 Å². The molecule has 0 spiro atoms. The van der Waals surface area contributed by atoms with Crippen molar-refractivity contribution >= 4 is 0 Å². The zero-order valence-corrected chi connectivity index (χ0v) is 14.8. The third-order valence-electron chi connectivity index (χ3n) is 5.09. The van der Waals surface area contributed by atoms with E-state index in [-0.39, 0.29) is 5.82 Å². The number of hydrogen-bond acceptors (Lipinski definition) is 4. The Bertz CT molecular complexity index is 664. The van der Waals surface area contributed by atoms with Gasteiger partial charge in [0.1, 0.15) is 5.82 Å². The van der Waals surface area contributed by atoms with Crippen LogP contribution in [-0.2, 0) is 0 Å². The molecule has 0 unspecified atom stereocenters. The summed E-state index contributed by atoms with van der Waals surface area (Å²) < 4.78 is 13.0. The molecule has 1 aromatic heterocycles. The Kier molecular flexibility index (Phi) is 5.78. The average molecular weight is 343 g/mol. The summed E-state index contributed by atoms with van der Waals surface area (Å²) in [5, 5.41) is 10.4. The predicted octanol–water partition coefficient (Wildman–Crippen LogP) is 2.88. The molecule has 1 aliphatic rings. The number of aliphatic hydroxyl groups excluding tert-OH is 1. The van der Waals surface area contributed by atoms with E-state index in [0.29, 0.717) is 18.5 Å². The molecule has 4 nitrogen and oxygen atoms in total. The first kappa shape index (κ1) is 18.0. The Labute approximate surface area is 148 Å². The summed E-state index contributed by atoms with van der Waals surface area (Å²) in [6.07, 6.45) is 4.28. The van der Waals surface area contributed by atoms with Crippen molar-refractivity contribution in [2.75, 3.05) is 33.7 Å². The van der Waals surface area contributed by atoms with E-state index in [2.05, 4.69) is 27.9 Å². The highest BCUT2D eigenvalue weighted by Gasteiger charge is 2.33. The van der Waals surface area contributed by atoms with Gasteiger partial charge in [0.2, 0.25) is 0 Å². The molecule has 0 saturated carbocycles. The molecular formula is C20H26FN3O. The van der Waals surface area contributed by atoms with Crippen LogP contribution < -0.4 is 0 Å². The highest BCUT2D eigenvalue weighted by molar-refractivity contribution is 5.19. The molecular weight excluding hydrogens is 317 g/mol. The second-order valence-electron chi connectivity index (χ2n) is 7.05. The van der Waals surface area contributed by atoms with E-state index >= 15 is 0 Å². The largest absolute Gasteiger partial charge is 0.387 e. The lowest BCUT2D eigenvalue weighted by molar-refractivity contribution is 0.113. The lowest BCUT2D eigenvalue weighted by Gasteiger charge is -2.29. The zero-order valence-electron chi connectivity index (χ0n) is 14.8. The molecule has 0 radical (unpaired) electrons. The lowest BCUT2D eigenvalue weighted by atomic mass is 9.94. The van der Waals surface area contributed by atoms with Crippen molar-refractivity contribution in [1.82, 2.24) is 14.8 Å². The summed E-state index contributed by atoms with van der Waals surface area (Å²) in [5.74, 6) is 0.220. The molecule has 2 heterocycles. The van der Waals surface area contributed by atoms with Crippen LogP contribution in [0.1, 0.15) is 29.7 Å². The summed E-state index contributed by atoms with van der Waals surface area (Å²) in [6, 6.07) is 10.6. The number of hydrogen-bond donors (Lipinski definition) is 1. The first-order valence-corrected chi connectivity index (χ1v) is 8.77. The topological polar surface area (TPSA) is 39.6 Å². The van der Waals surface area contributed by atoms with Crippen molar-refractivity contribution < 1.29 is 9.50 Å². The van der Waals surface area contributed by atoms with Gasteiger partial charge in [-0.1, -0.05) is 18.2 Å². The van der Waals surface area contributed by atoms with Gasteiger partial charge in [-0.05, 0) is 62.3 Å². The number of halogens is 1. The van der Waals surface area contributed by atoms with Crippen molar-refractivity contribution in [2.45, 2.75) is 18.6 Å². The fourth-order valence-electron chi connectivity index (χ4n) is 3.86. The summed E-state index contributed by atoms with van der Waals surface area (Å²) in [7, 11) is 4.19. The van der Waals surface area contributed by atoms with Crippen LogP contribution in [0.2, 0.25) is 0 Å². The van der Waals surface area contributed by atoms with Gasteiger partial charge in [0.25, 0.3) is 0 Å². The molecule has 1 saturated heterocycles. The number of pyridine rings is 1. The SMILES string of the molecule is CN(C[C@@H]1CCN(C)[C@H]1c1cccnc1)C[C@@H](O)c1ccc(F)cc1. The average Bonchev–Trinajstić information content (AvgIpc) is 2.96. The first-order valence-electron chi connectivity index (χ1n) is 8.77. The number of rotatable bonds is 6. The monoisotopic (exact) mass is 343 g/mol. The Balaban J connectivity index is 1.61. The van der Waals surface area contributed by atoms with Gasteiger partial charge in [-0.15, -0.1) is 0 Å². The van der Waals surface area contributed by atoms with Crippen LogP contribution in [0.15, 0.2) is 48.8 Å². The molecule has 5 heteroatoms. The van der Waals surface area contributed by atoms with Gasteiger partial charge in [0.15, 0.2) is 0 Å². The Morgan fingerprint density at radius 2 is 2.08 bits per heavy atom. The molecule has 0 bridgehead atoms. The molecule has 0 aliphatic carbocycles. The minimum Gasteiger partial charge on any atom is -0.387 e. The fourth-order valence-corrected chi connectivity index (χ4v) is 3.86. The van der Waals surface area contributed by atoms with Crippen LogP contribution in [-0.4, -0.2) is 53.6 Å². The van der Waals surface area contributed by atoms with Gasteiger partial charge in [-0.3, -0.25) is 9.88 Å². The molecule has 1 aliphatic heterocycles. The van der Waals surface area contributed by atoms with Crippen LogP contribution >= 0.6 is 0 Å². The number of likely N-dealkylation sites (N-methyl/N-ethyl adjacent to an activating group) is 1. The van der Waals surface area contributed by atoms with Gasteiger partial charge in [-0.2, -0.15) is 0 Å². The normalized spacial score (nSPS) is 22.4. The minimum absolute atomic E-state index is 0.280. The molecule has 1 aromatic carbocycles. The standard InChI is InChI=1S/C20H26FN3O/c1-23(14-19(25)15-5-7-18(21)8-6-15)13-17-9-11-24(2)20(17)16-4-3-10-22-12-16/h3-8,10,12,17,19-20,25H,9,11,13-14H2,1-2H3/t17-,19+,20-/m0/s1. The van der Waals surface area contributed by atoms with E-state index in [0.717, 1.165) is 25.1 Å². The number of nitrogens with zero attached hydrogens (tertiary/aromatic N) is 3. The molecule has 3 atom stereocenters. The van der Waals surface area contributed by atoms with Gasteiger partial charge >= 0.3 is 0 Å². The summed E-state index contributed by atoms with van der Waals surface area (Å²) in [4.78, 5) is 8.81. The smallest absolute Gasteiger partial charge is 0.123 e. The maximum atomic E-state index is 13.0. The van der Waals surface area contributed by atoms with Crippen LogP contribution in [0.5, 0.6) is 0 Å². The molecule has 3 rings (SSSR count). The first-order chi connectivity index (χ1) is 12.0. The Morgan fingerprint density at radius 3 is 2.76 bits per heavy atom. The van der Waals surface area contributed by atoms with E-state index in [1.807, 2.05) is 19.3 Å². The van der Waals surface area contributed by atoms with Crippen molar-refractivity contribution in [3.63, 3.8) is 0 Å². The van der Waals surface area contributed by atoms with Crippen molar-refractivity contribution in [1.29, 1.82) is 0 Å². The quantitative estimate of drug-likeness (QED) is 0.875. The van der Waals surface area contributed by atoms with E-state index in [1.54, 1.807) is 18.3 Å². The van der Waals surface area contributed by atoms with Crippen LogP contribution in [0.3, 0.4) is 0 Å². The maximum Gasteiger partial charge on any atom is 0.123 e. The van der Waals surface area contributed by atoms with Crippen molar-refractivity contribution in [3.8, 4) is 0 Å². The van der Waals surface area contributed by atoms with E-state index in [1.165, 1.54) is 17.7 Å². The van der Waals surface area contributed by atoms with Gasteiger partial charge in [0.05, 0.1) is 6.10 Å². The maximum absolute atomic E-state index is 13.0. The van der Waals surface area contributed by atoms with Gasteiger partial charge in [0, 0.05) is 31.5 Å². The second kappa shape index (κ2) is 8.04. The summed E-state index contributed by atoms with van der Waals surface area (Å²) in [6.45, 7) is 2.51. The third-order valence-corrected chi connectivity index (χ3v) is 5.09. The number of aliphatic hydroxyl groups is 1. The Hall–Kier alpha value is -1.82. The Morgan fingerprint density at radius 1 is 1.32 bits per heavy atom. The molecule has 1 N–H and O–H groups in total. The van der Waals surface area contributed by atoms with E-state index in [9.17, 15) is 9.50 Å². The molecule has 0 amide bonds. The number of benzene rings is 1. The highest BCUT2D eigenvalue weighted by atomic mass is 19.1. The molecule has 25 heavy (non-hydrogen) atoms. The van der Waals surface area contributed by atoms with Crippen molar-refractivity contribution in [2.24, 2.45) is 5.92 Å².